The molecule has 0 bridgehead atoms. The van der Waals surface area contributed by atoms with Gasteiger partial charge in [0.2, 0.25) is 0 Å². The second-order valence-corrected chi connectivity index (χ2v) is 7.54. The number of hydrogen-bond donors (Lipinski definition) is 3. The van der Waals surface area contributed by atoms with Crippen molar-refractivity contribution in [2.75, 3.05) is 5.32 Å². The summed E-state index contributed by atoms with van der Waals surface area (Å²) in [4.78, 5) is 22.9. The Balaban J connectivity index is 1.66. The molecule has 0 aliphatic rings. The first-order valence-electron chi connectivity index (χ1n) is 10.0. The Bertz CT molecular complexity index is 1330. The first-order chi connectivity index (χ1) is 15.3. The van der Waals surface area contributed by atoms with Gasteiger partial charge in [-0.2, -0.15) is 0 Å². The van der Waals surface area contributed by atoms with Gasteiger partial charge in [0.1, 0.15) is 5.69 Å². The van der Waals surface area contributed by atoms with E-state index in [1.54, 1.807) is 18.2 Å². The number of aromatic hydroxyl groups is 1. The molecule has 0 heterocycles. The lowest BCUT2D eigenvalue weighted by Gasteiger charge is -2.25. The number of benzene rings is 3. The highest BCUT2D eigenvalue weighted by Gasteiger charge is 2.22. The maximum absolute atomic E-state index is 13.7. The van der Waals surface area contributed by atoms with E-state index in [1.807, 2.05) is 43.3 Å². The molecule has 0 spiro atoms. The third-order valence-corrected chi connectivity index (χ3v) is 5.37. The third kappa shape index (κ3) is 4.15. The van der Waals surface area contributed by atoms with Crippen LogP contribution in [0.1, 0.15) is 35.7 Å². The van der Waals surface area contributed by atoms with E-state index >= 15 is 0 Å². The normalized spacial score (nSPS) is 13.1. The molecule has 3 N–H and O–H groups in total. The van der Waals surface area contributed by atoms with E-state index in [-0.39, 0.29) is 17.8 Å². The zero-order valence-electron chi connectivity index (χ0n) is 17.1. The van der Waals surface area contributed by atoms with Gasteiger partial charge in [0, 0.05) is 11.7 Å². The lowest BCUT2D eigenvalue weighted by atomic mass is 9.96. The Kier molecular flexibility index (Phi) is 5.83. The number of anilines is 2. The van der Waals surface area contributed by atoms with Gasteiger partial charge in [-0.15, -0.1) is 0 Å². The average Bonchev–Trinajstić information content (AvgIpc) is 2.82. The molecule has 0 saturated carbocycles. The van der Waals surface area contributed by atoms with E-state index in [9.17, 15) is 23.5 Å². The van der Waals surface area contributed by atoms with Crippen LogP contribution in [0.2, 0.25) is 0 Å². The molecule has 162 valence electrons. The highest BCUT2D eigenvalue weighted by molar-refractivity contribution is 5.69. The monoisotopic (exact) mass is 434 g/mol. The molecule has 1 unspecified atom stereocenters. The quantitative estimate of drug-likeness (QED) is 0.375. The van der Waals surface area contributed by atoms with Gasteiger partial charge < -0.3 is 10.4 Å². The lowest BCUT2D eigenvalue weighted by Crippen LogP contribution is -2.32. The molecule has 5 nitrogen and oxygen atoms in total. The molecule has 0 amide bonds. The predicted molar refractivity (Wildman–Crippen MR) is 119 cm³/mol. The van der Waals surface area contributed by atoms with E-state index in [0.717, 1.165) is 17.2 Å². The first kappa shape index (κ1) is 21.4. The van der Waals surface area contributed by atoms with Crippen molar-refractivity contribution in [1.82, 2.24) is 5.32 Å². The summed E-state index contributed by atoms with van der Waals surface area (Å²) in [6.45, 7) is 1.85. The Labute approximate surface area is 182 Å². The highest BCUT2D eigenvalue weighted by atomic mass is 19.2. The van der Waals surface area contributed by atoms with E-state index in [4.69, 9.17) is 0 Å². The van der Waals surface area contributed by atoms with Crippen LogP contribution in [-0.4, -0.2) is 5.11 Å². The molecule has 4 aromatic rings. The summed E-state index contributed by atoms with van der Waals surface area (Å²) >= 11 is 0. The van der Waals surface area contributed by atoms with Gasteiger partial charge in [0.15, 0.2) is 17.4 Å². The van der Waals surface area contributed by atoms with Gasteiger partial charge in [0.25, 0.3) is 10.9 Å². The molecule has 4 rings (SSSR count). The van der Waals surface area contributed by atoms with Crippen LogP contribution >= 0.6 is 0 Å². The fourth-order valence-corrected chi connectivity index (χ4v) is 3.59. The smallest absolute Gasteiger partial charge is 0.271 e. The molecule has 0 aliphatic heterocycles. The minimum Gasteiger partial charge on any atom is -0.502 e. The summed E-state index contributed by atoms with van der Waals surface area (Å²) in [7, 11) is 0. The van der Waals surface area contributed by atoms with Gasteiger partial charge in [0.05, 0.1) is 6.04 Å². The summed E-state index contributed by atoms with van der Waals surface area (Å²) in [5.41, 5.74) is 1.07. The predicted octanol–water partition coefficient (Wildman–Crippen LogP) is 4.45. The van der Waals surface area contributed by atoms with Crippen LogP contribution in [0.25, 0.3) is 0 Å². The second-order valence-electron chi connectivity index (χ2n) is 7.54. The Morgan fingerprint density at radius 2 is 1.50 bits per heavy atom. The Hall–Kier alpha value is -3.84. The van der Waals surface area contributed by atoms with Gasteiger partial charge in [-0.3, -0.25) is 14.9 Å². The second kappa shape index (κ2) is 8.72. The fourth-order valence-electron chi connectivity index (χ4n) is 3.59. The van der Waals surface area contributed by atoms with Gasteiger partial charge in [-0.25, -0.2) is 8.78 Å². The van der Waals surface area contributed by atoms with Crippen molar-refractivity contribution in [3.8, 4) is 5.75 Å². The molecule has 32 heavy (non-hydrogen) atoms. The molecule has 2 atom stereocenters. The number of rotatable bonds is 7. The standard InChI is InChI=1S/C25H20F2N2O3/c1-14(16-10-11-19(26)20(27)13-16)28-21(15-6-3-2-4-7-15)17-8-5-9-18(12-17)29-22-23(30)25(32)24(22)31/h2-14,21,28-30H,1H3/t14-,21?/m1/s1. The van der Waals surface area contributed by atoms with Crippen molar-refractivity contribution in [1.29, 1.82) is 0 Å². The molecule has 0 fully saturated rings. The zero-order chi connectivity index (χ0) is 22.8. The average molecular weight is 434 g/mol. The van der Waals surface area contributed by atoms with E-state index in [0.29, 0.717) is 11.3 Å². The van der Waals surface area contributed by atoms with Gasteiger partial charge in [-0.1, -0.05) is 48.5 Å². The first-order valence-corrected chi connectivity index (χ1v) is 10.0. The van der Waals surface area contributed by atoms with Crippen molar-refractivity contribution in [3.63, 3.8) is 0 Å². The summed E-state index contributed by atoms with van der Waals surface area (Å²) < 4.78 is 27.1. The van der Waals surface area contributed by atoms with Crippen molar-refractivity contribution in [2.45, 2.75) is 19.0 Å². The van der Waals surface area contributed by atoms with Crippen LogP contribution in [0.4, 0.5) is 20.2 Å². The molecule has 0 aliphatic carbocycles. The molecule has 0 radical (unpaired) electrons. The van der Waals surface area contributed by atoms with Crippen molar-refractivity contribution in [2.24, 2.45) is 0 Å². The van der Waals surface area contributed by atoms with E-state index in [2.05, 4.69) is 10.6 Å². The summed E-state index contributed by atoms with van der Waals surface area (Å²) in [5.74, 6) is -2.39. The molecule has 7 heteroatoms. The van der Waals surface area contributed by atoms with Gasteiger partial charge in [-0.05, 0) is 47.9 Å². The number of halogens is 2. The summed E-state index contributed by atoms with van der Waals surface area (Å²) in [5, 5.41) is 15.9. The van der Waals surface area contributed by atoms with E-state index < -0.39 is 28.2 Å². The Morgan fingerprint density at radius 1 is 0.781 bits per heavy atom. The van der Waals surface area contributed by atoms with Crippen LogP contribution in [0.3, 0.4) is 0 Å². The largest absolute Gasteiger partial charge is 0.502 e. The van der Waals surface area contributed by atoms with Crippen molar-refractivity contribution < 1.29 is 13.9 Å². The fraction of sp³-hybridized carbons (Fsp3) is 0.120. The molecule has 4 aromatic carbocycles. The molecule has 0 saturated heterocycles. The SMILES string of the molecule is C[C@@H](NC(c1ccccc1)c1cccc(Nc2c(O)c(=O)c2=O)c1)c1ccc(F)c(F)c1. The summed E-state index contributed by atoms with van der Waals surface area (Å²) in [6.07, 6.45) is 0. The van der Waals surface area contributed by atoms with Crippen LogP contribution in [-0.2, 0) is 0 Å². The molecule has 0 aromatic heterocycles. The number of nitrogens with one attached hydrogen (secondary N) is 2. The van der Waals surface area contributed by atoms with Crippen LogP contribution in [0, 0.1) is 11.6 Å². The Morgan fingerprint density at radius 3 is 2.19 bits per heavy atom. The van der Waals surface area contributed by atoms with Crippen LogP contribution in [0.5, 0.6) is 5.75 Å². The lowest BCUT2D eigenvalue weighted by molar-refractivity contribution is 0.466. The molecular weight excluding hydrogens is 414 g/mol. The molecular formula is C25H20F2N2O3. The maximum Gasteiger partial charge on any atom is 0.271 e. The number of hydrogen-bond acceptors (Lipinski definition) is 5. The van der Waals surface area contributed by atoms with Crippen molar-refractivity contribution >= 4 is 11.4 Å². The minimum atomic E-state index is -0.911. The van der Waals surface area contributed by atoms with Crippen molar-refractivity contribution in [3.05, 3.63) is 122 Å². The summed E-state index contributed by atoms with van der Waals surface area (Å²) in [6, 6.07) is 19.9. The highest BCUT2D eigenvalue weighted by Crippen LogP contribution is 2.29. The topological polar surface area (TPSA) is 78.4 Å². The van der Waals surface area contributed by atoms with Crippen LogP contribution in [0.15, 0.2) is 82.4 Å². The van der Waals surface area contributed by atoms with Crippen LogP contribution < -0.4 is 21.5 Å². The maximum atomic E-state index is 13.7. The van der Waals surface area contributed by atoms with E-state index in [1.165, 1.54) is 12.1 Å². The van der Waals surface area contributed by atoms with Gasteiger partial charge >= 0.3 is 0 Å². The zero-order valence-corrected chi connectivity index (χ0v) is 17.1. The minimum absolute atomic E-state index is 0.133. The third-order valence-electron chi connectivity index (χ3n) is 5.37.